The van der Waals surface area contributed by atoms with Crippen LogP contribution in [0.15, 0.2) is 42.5 Å². The summed E-state index contributed by atoms with van der Waals surface area (Å²) in [5, 5.41) is 9.68. The molecule has 0 spiro atoms. The lowest BCUT2D eigenvalue weighted by molar-refractivity contribution is -0.126. The topological polar surface area (TPSA) is 76.2 Å². The third kappa shape index (κ3) is 3.47. The van der Waals surface area contributed by atoms with Gasteiger partial charge in [-0.25, -0.2) is 4.98 Å². The average molecular weight is 284 g/mol. The fraction of sp³-hybridized carbons (Fsp3) is 0.294. The molecular weight excluding hydrogens is 264 g/mol. The molecular formula is C17H20N2O2. The van der Waals surface area contributed by atoms with Gasteiger partial charge < -0.3 is 10.8 Å². The number of carbonyl (C=O) groups excluding carboxylic acids is 1. The number of rotatable bonds is 3. The van der Waals surface area contributed by atoms with Crippen molar-refractivity contribution in [2.45, 2.75) is 32.3 Å². The van der Waals surface area contributed by atoms with Crippen LogP contribution < -0.4 is 5.73 Å². The van der Waals surface area contributed by atoms with Crippen LogP contribution in [0, 0.1) is 0 Å². The Kier molecular flexibility index (Phi) is 4.09. The van der Waals surface area contributed by atoms with Gasteiger partial charge in [-0.1, -0.05) is 51.1 Å². The molecule has 0 bridgehead atoms. The number of aliphatic hydroxyl groups is 1. The molecule has 1 heterocycles. The van der Waals surface area contributed by atoms with E-state index in [0.29, 0.717) is 5.69 Å². The van der Waals surface area contributed by atoms with Crippen molar-refractivity contribution in [3.8, 4) is 11.3 Å². The van der Waals surface area contributed by atoms with Crippen molar-refractivity contribution in [3.63, 3.8) is 0 Å². The lowest BCUT2D eigenvalue weighted by atomic mass is 9.86. The summed E-state index contributed by atoms with van der Waals surface area (Å²) in [6.45, 7) is 6.47. The standard InChI is InChI=1S/C17H20N2O2/c1-17(2,3)12-9-7-11(8-10-12)13-5-4-6-14(19-13)15(20)16(18)21/h4-10,15,20H,1-3H3,(H2,18,21). The summed E-state index contributed by atoms with van der Waals surface area (Å²) >= 11 is 0. The number of hydrogen-bond acceptors (Lipinski definition) is 3. The maximum atomic E-state index is 11.0. The van der Waals surface area contributed by atoms with Gasteiger partial charge in [0, 0.05) is 5.56 Å². The summed E-state index contributed by atoms with van der Waals surface area (Å²) in [6, 6.07) is 13.3. The summed E-state index contributed by atoms with van der Waals surface area (Å²) in [4.78, 5) is 15.3. The lowest BCUT2D eigenvalue weighted by Crippen LogP contribution is -2.21. The minimum absolute atomic E-state index is 0.0932. The quantitative estimate of drug-likeness (QED) is 0.909. The van der Waals surface area contributed by atoms with E-state index < -0.39 is 12.0 Å². The molecule has 0 fully saturated rings. The molecule has 0 radical (unpaired) electrons. The number of pyridine rings is 1. The third-order valence-electron chi connectivity index (χ3n) is 3.37. The van der Waals surface area contributed by atoms with Crippen molar-refractivity contribution in [1.82, 2.24) is 4.98 Å². The molecule has 1 amide bonds. The van der Waals surface area contributed by atoms with Crippen LogP contribution >= 0.6 is 0 Å². The average Bonchev–Trinajstić information content (AvgIpc) is 2.46. The molecule has 3 N–H and O–H groups in total. The molecule has 0 saturated heterocycles. The maximum Gasteiger partial charge on any atom is 0.252 e. The SMILES string of the molecule is CC(C)(C)c1ccc(-c2cccc(C(O)C(N)=O)n2)cc1. The zero-order valence-electron chi connectivity index (χ0n) is 12.5. The van der Waals surface area contributed by atoms with Gasteiger partial charge in [-0.2, -0.15) is 0 Å². The van der Waals surface area contributed by atoms with E-state index in [-0.39, 0.29) is 11.1 Å². The Morgan fingerprint density at radius 3 is 2.29 bits per heavy atom. The highest BCUT2D eigenvalue weighted by molar-refractivity contribution is 5.79. The fourth-order valence-corrected chi connectivity index (χ4v) is 2.05. The van der Waals surface area contributed by atoms with Gasteiger partial charge in [-0.3, -0.25) is 4.79 Å². The van der Waals surface area contributed by atoms with Crippen LogP contribution in [-0.4, -0.2) is 16.0 Å². The molecule has 4 heteroatoms. The summed E-state index contributed by atoms with van der Waals surface area (Å²) in [5.41, 5.74) is 8.32. The van der Waals surface area contributed by atoms with Crippen LogP contribution in [0.4, 0.5) is 0 Å². The zero-order chi connectivity index (χ0) is 15.6. The first kappa shape index (κ1) is 15.2. The summed E-state index contributed by atoms with van der Waals surface area (Å²) in [7, 11) is 0. The van der Waals surface area contributed by atoms with Gasteiger partial charge in [-0.05, 0) is 23.1 Å². The predicted octanol–water partition coefficient (Wildman–Crippen LogP) is 2.56. The van der Waals surface area contributed by atoms with Gasteiger partial charge in [0.15, 0.2) is 6.10 Å². The Bertz CT molecular complexity index is 643. The number of nitrogens with two attached hydrogens (primary N) is 1. The molecule has 0 saturated carbocycles. The van der Waals surface area contributed by atoms with Gasteiger partial charge in [0.05, 0.1) is 11.4 Å². The molecule has 0 aliphatic rings. The normalized spacial score (nSPS) is 13.0. The number of carbonyl (C=O) groups is 1. The Morgan fingerprint density at radius 1 is 1.14 bits per heavy atom. The van der Waals surface area contributed by atoms with E-state index in [1.165, 1.54) is 5.56 Å². The molecule has 1 atom stereocenters. The predicted molar refractivity (Wildman–Crippen MR) is 82.5 cm³/mol. The van der Waals surface area contributed by atoms with Crippen molar-refractivity contribution in [2.75, 3.05) is 0 Å². The van der Waals surface area contributed by atoms with E-state index in [4.69, 9.17) is 5.73 Å². The van der Waals surface area contributed by atoms with Gasteiger partial charge in [-0.15, -0.1) is 0 Å². The highest BCUT2D eigenvalue weighted by atomic mass is 16.3. The maximum absolute atomic E-state index is 11.0. The zero-order valence-corrected chi connectivity index (χ0v) is 12.5. The Labute approximate surface area is 124 Å². The highest BCUT2D eigenvalue weighted by Crippen LogP contribution is 2.26. The Morgan fingerprint density at radius 2 is 1.76 bits per heavy atom. The first-order valence-electron chi connectivity index (χ1n) is 6.84. The molecule has 1 aromatic heterocycles. The van der Waals surface area contributed by atoms with E-state index in [9.17, 15) is 9.90 Å². The number of primary amides is 1. The summed E-state index contributed by atoms with van der Waals surface area (Å²) < 4.78 is 0. The number of amides is 1. The number of aliphatic hydroxyl groups excluding tert-OH is 1. The second-order valence-corrected chi connectivity index (χ2v) is 6.08. The second-order valence-electron chi connectivity index (χ2n) is 6.08. The van der Waals surface area contributed by atoms with Gasteiger partial charge in [0.2, 0.25) is 0 Å². The summed E-state index contributed by atoms with van der Waals surface area (Å²) in [5.74, 6) is -0.803. The smallest absolute Gasteiger partial charge is 0.252 e. The van der Waals surface area contributed by atoms with E-state index >= 15 is 0 Å². The number of hydrogen-bond donors (Lipinski definition) is 2. The van der Waals surface area contributed by atoms with Gasteiger partial charge in [0.1, 0.15) is 0 Å². The first-order chi connectivity index (χ1) is 9.79. The van der Waals surface area contributed by atoms with Crippen molar-refractivity contribution in [3.05, 3.63) is 53.7 Å². The number of benzene rings is 1. The Hall–Kier alpha value is -2.20. The molecule has 2 aromatic rings. The van der Waals surface area contributed by atoms with E-state index in [1.807, 2.05) is 18.2 Å². The van der Waals surface area contributed by atoms with E-state index in [1.54, 1.807) is 12.1 Å². The number of nitrogens with zero attached hydrogens (tertiary/aromatic N) is 1. The minimum atomic E-state index is -1.38. The summed E-state index contributed by atoms with van der Waals surface area (Å²) in [6.07, 6.45) is -1.38. The fourth-order valence-electron chi connectivity index (χ4n) is 2.05. The van der Waals surface area contributed by atoms with E-state index in [0.717, 1.165) is 5.56 Å². The van der Waals surface area contributed by atoms with Crippen molar-refractivity contribution in [2.24, 2.45) is 5.73 Å². The van der Waals surface area contributed by atoms with Crippen molar-refractivity contribution >= 4 is 5.91 Å². The van der Waals surface area contributed by atoms with E-state index in [2.05, 4.69) is 37.9 Å². The molecule has 0 aliphatic carbocycles. The van der Waals surface area contributed by atoms with Crippen molar-refractivity contribution < 1.29 is 9.90 Å². The lowest BCUT2D eigenvalue weighted by Gasteiger charge is -2.19. The first-order valence-corrected chi connectivity index (χ1v) is 6.84. The number of aromatic nitrogens is 1. The third-order valence-corrected chi connectivity index (χ3v) is 3.37. The largest absolute Gasteiger partial charge is 0.377 e. The van der Waals surface area contributed by atoms with Crippen LogP contribution in [0.25, 0.3) is 11.3 Å². The van der Waals surface area contributed by atoms with Crippen LogP contribution in [0.1, 0.15) is 38.1 Å². The molecule has 0 aliphatic heterocycles. The molecule has 1 unspecified atom stereocenters. The minimum Gasteiger partial charge on any atom is -0.377 e. The molecule has 4 nitrogen and oxygen atoms in total. The molecule has 110 valence electrons. The Balaban J connectivity index is 2.34. The van der Waals surface area contributed by atoms with Gasteiger partial charge in [0.25, 0.3) is 5.91 Å². The van der Waals surface area contributed by atoms with Gasteiger partial charge >= 0.3 is 0 Å². The second kappa shape index (κ2) is 5.66. The highest BCUT2D eigenvalue weighted by Gasteiger charge is 2.16. The monoisotopic (exact) mass is 284 g/mol. The van der Waals surface area contributed by atoms with Crippen LogP contribution in [0.5, 0.6) is 0 Å². The van der Waals surface area contributed by atoms with Crippen LogP contribution in [-0.2, 0) is 10.2 Å². The molecule has 1 aromatic carbocycles. The van der Waals surface area contributed by atoms with Crippen LogP contribution in [0.2, 0.25) is 0 Å². The van der Waals surface area contributed by atoms with Crippen molar-refractivity contribution in [1.29, 1.82) is 0 Å². The molecule has 21 heavy (non-hydrogen) atoms. The molecule has 2 rings (SSSR count). The van der Waals surface area contributed by atoms with Crippen LogP contribution in [0.3, 0.4) is 0 Å².